The summed E-state index contributed by atoms with van der Waals surface area (Å²) in [4.78, 5) is 11.8. The van der Waals surface area contributed by atoms with Crippen LogP contribution in [0.15, 0.2) is 54.6 Å². The van der Waals surface area contributed by atoms with Crippen molar-refractivity contribution in [1.29, 1.82) is 0 Å². The van der Waals surface area contributed by atoms with Crippen molar-refractivity contribution in [3.8, 4) is 5.75 Å². The minimum atomic E-state index is -0.0159. The number of carbonyl (C=O) groups excluding carboxylic acids is 1. The van der Waals surface area contributed by atoms with Crippen LogP contribution in [0.4, 0.5) is 5.69 Å². The lowest BCUT2D eigenvalue weighted by atomic mass is 10.2. The molecule has 0 radical (unpaired) electrons. The minimum Gasteiger partial charge on any atom is -0.489 e. The van der Waals surface area contributed by atoms with Crippen molar-refractivity contribution in [3.63, 3.8) is 0 Å². The molecule has 2 aromatic rings. The molecule has 0 unspecified atom stereocenters. The first-order chi connectivity index (χ1) is 11.8. The van der Waals surface area contributed by atoms with Gasteiger partial charge in [-0.15, -0.1) is 0 Å². The third-order valence-electron chi connectivity index (χ3n) is 3.40. The van der Waals surface area contributed by atoms with E-state index in [1.54, 1.807) is 7.11 Å². The van der Waals surface area contributed by atoms with Gasteiger partial charge in [-0.2, -0.15) is 0 Å². The highest BCUT2D eigenvalue weighted by molar-refractivity contribution is 5.90. The normalized spacial score (nSPS) is 10.4. The van der Waals surface area contributed by atoms with Crippen molar-refractivity contribution in [3.05, 3.63) is 60.2 Å². The van der Waals surface area contributed by atoms with Crippen LogP contribution in [-0.4, -0.2) is 32.7 Å². The Morgan fingerprint density at radius 2 is 1.75 bits per heavy atom. The number of benzene rings is 2. The molecule has 2 rings (SSSR count). The Hall–Kier alpha value is -2.37. The fraction of sp³-hybridized carbons (Fsp3) is 0.316. The van der Waals surface area contributed by atoms with Gasteiger partial charge >= 0.3 is 0 Å². The van der Waals surface area contributed by atoms with Gasteiger partial charge in [-0.25, -0.2) is 0 Å². The van der Waals surface area contributed by atoms with E-state index in [-0.39, 0.29) is 5.91 Å². The molecule has 0 bridgehead atoms. The lowest BCUT2D eigenvalue weighted by molar-refractivity contribution is -0.116. The molecule has 0 saturated carbocycles. The van der Waals surface area contributed by atoms with E-state index < -0.39 is 0 Å². The lowest BCUT2D eigenvalue weighted by Crippen LogP contribution is -2.24. The van der Waals surface area contributed by atoms with Gasteiger partial charge in [0.25, 0.3) is 0 Å². The average molecular weight is 328 g/mol. The van der Waals surface area contributed by atoms with Crippen molar-refractivity contribution in [2.24, 2.45) is 0 Å². The number of amides is 1. The Bertz CT molecular complexity index is 600. The molecule has 2 N–H and O–H groups in total. The third kappa shape index (κ3) is 6.81. The molecule has 0 aliphatic carbocycles. The van der Waals surface area contributed by atoms with Gasteiger partial charge in [-0.3, -0.25) is 4.79 Å². The molecule has 0 aromatic heterocycles. The smallest absolute Gasteiger partial charge is 0.225 e. The maximum absolute atomic E-state index is 11.8. The second kappa shape index (κ2) is 10.4. The molecule has 5 nitrogen and oxygen atoms in total. The summed E-state index contributed by atoms with van der Waals surface area (Å²) in [5, 5.41) is 6.01. The highest BCUT2D eigenvalue weighted by atomic mass is 16.5. The summed E-state index contributed by atoms with van der Waals surface area (Å²) in [5.74, 6) is 0.760. The fourth-order valence-electron chi connectivity index (χ4n) is 2.10. The zero-order valence-corrected chi connectivity index (χ0v) is 14.0. The number of anilines is 1. The molecular formula is C19H24N2O3. The Labute approximate surface area is 143 Å². The summed E-state index contributed by atoms with van der Waals surface area (Å²) >= 11 is 0. The number of rotatable bonds is 10. The van der Waals surface area contributed by atoms with E-state index in [9.17, 15) is 4.79 Å². The minimum absolute atomic E-state index is 0.0159. The molecule has 5 heteroatoms. The fourth-order valence-corrected chi connectivity index (χ4v) is 2.10. The van der Waals surface area contributed by atoms with Gasteiger partial charge in [0.1, 0.15) is 12.4 Å². The van der Waals surface area contributed by atoms with Crippen LogP contribution in [0, 0.1) is 0 Å². The largest absolute Gasteiger partial charge is 0.489 e. The maximum atomic E-state index is 11.8. The van der Waals surface area contributed by atoms with Crippen LogP contribution in [0.25, 0.3) is 0 Å². The van der Waals surface area contributed by atoms with Gasteiger partial charge < -0.3 is 20.1 Å². The highest BCUT2D eigenvalue weighted by Crippen LogP contribution is 2.17. The number of nitrogens with one attached hydrogen (secondary N) is 2. The zero-order chi connectivity index (χ0) is 17.0. The molecule has 0 heterocycles. The van der Waals surface area contributed by atoms with E-state index in [1.165, 1.54) is 0 Å². The Balaban J connectivity index is 1.70. The summed E-state index contributed by atoms with van der Waals surface area (Å²) in [5.41, 5.74) is 1.89. The van der Waals surface area contributed by atoms with Crippen molar-refractivity contribution in [2.75, 3.05) is 32.1 Å². The van der Waals surface area contributed by atoms with Crippen LogP contribution in [-0.2, 0) is 16.1 Å². The first kappa shape index (κ1) is 18.0. The second-order valence-corrected chi connectivity index (χ2v) is 5.34. The van der Waals surface area contributed by atoms with Gasteiger partial charge in [0.2, 0.25) is 5.91 Å². The summed E-state index contributed by atoms with van der Waals surface area (Å²) in [6.07, 6.45) is 0.427. The Morgan fingerprint density at radius 3 is 2.46 bits per heavy atom. The molecule has 0 aliphatic rings. The van der Waals surface area contributed by atoms with Gasteiger partial charge in [-0.05, 0) is 29.8 Å². The molecule has 24 heavy (non-hydrogen) atoms. The van der Waals surface area contributed by atoms with Gasteiger partial charge in [0, 0.05) is 32.3 Å². The SMILES string of the molecule is COCCNCCC(=O)Nc1ccc(OCc2ccccc2)cc1. The third-order valence-corrected chi connectivity index (χ3v) is 3.40. The van der Waals surface area contributed by atoms with Crippen LogP contribution < -0.4 is 15.4 Å². The van der Waals surface area contributed by atoms with Crippen LogP contribution in [0.2, 0.25) is 0 Å². The Morgan fingerprint density at radius 1 is 1.00 bits per heavy atom. The molecule has 128 valence electrons. The van der Waals surface area contributed by atoms with Crippen molar-refractivity contribution < 1.29 is 14.3 Å². The van der Waals surface area contributed by atoms with E-state index in [0.29, 0.717) is 26.2 Å². The van der Waals surface area contributed by atoms with Crippen LogP contribution >= 0.6 is 0 Å². The van der Waals surface area contributed by atoms with Gasteiger partial charge in [-0.1, -0.05) is 30.3 Å². The van der Waals surface area contributed by atoms with Crippen molar-refractivity contribution >= 4 is 11.6 Å². The molecule has 0 spiro atoms. The summed E-state index contributed by atoms with van der Waals surface area (Å²) in [6, 6.07) is 17.4. The van der Waals surface area contributed by atoms with E-state index in [0.717, 1.165) is 23.5 Å². The van der Waals surface area contributed by atoms with Gasteiger partial charge in [0.05, 0.1) is 6.61 Å². The molecule has 2 aromatic carbocycles. The maximum Gasteiger partial charge on any atom is 0.225 e. The summed E-state index contributed by atoms with van der Waals surface area (Å²) in [7, 11) is 1.65. The topological polar surface area (TPSA) is 59.6 Å². The standard InChI is InChI=1S/C19H24N2O3/c1-23-14-13-20-12-11-19(22)21-17-7-9-18(10-8-17)24-15-16-5-3-2-4-6-16/h2-10,20H,11-15H2,1H3,(H,21,22). The molecule has 0 fully saturated rings. The quantitative estimate of drug-likeness (QED) is 0.659. The zero-order valence-electron chi connectivity index (χ0n) is 14.0. The average Bonchev–Trinajstić information content (AvgIpc) is 2.62. The number of carbonyl (C=O) groups is 1. The van der Waals surface area contributed by atoms with Crippen LogP contribution in [0.1, 0.15) is 12.0 Å². The lowest BCUT2D eigenvalue weighted by Gasteiger charge is -2.09. The Kier molecular flexibility index (Phi) is 7.80. The predicted molar refractivity (Wildman–Crippen MR) is 95.2 cm³/mol. The van der Waals surface area contributed by atoms with E-state index in [1.807, 2.05) is 54.6 Å². The first-order valence-electron chi connectivity index (χ1n) is 8.04. The van der Waals surface area contributed by atoms with Gasteiger partial charge in [0.15, 0.2) is 0 Å². The molecule has 0 atom stereocenters. The molecular weight excluding hydrogens is 304 g/mol. The van der Waals surface area contributed by atoms with Crippen LogP contribution in [0.3, 0.4) is 0 Å². The van der Waals surface area contributed by atoms with Crippen molar-refractivity contribution in [1.82, 2.24) is 5.32 Å². The predicted octanol–water partition coefficient (Wildman–Crippen LogP) is 2.83. The molecule has 1 amide bonds. The summed E-state index contributed by atoms with van der Waals surface area (Å²) in [6.45, 7) is 2.55. The number of methoxy groups -OCH3 is 1. The summed E-state index contributed by atoms with van der Waals surface area (Å²) < 4.78 is 10.6. The van der Waals surface area contributed by atoms with E-state index >= 15 is 0 Å². The number of hydrogen-bond donors (Lipinski definition) is 2. The first-order valence-corrected chi connectivity index (χ1v) is 8.04. The van der Waals surface area contributed by atoms with Crippen LogP contribution in [0.5, 0.6) is 5.75 Å². The molecule has 0 saturated heterocycles. The molecule has 0 aliphatic heterocycles. The monoisotopic (exact) mass is 328 g/mol. The number of hydrogen-bond acceptors (Lipinski definition) is 4. The van der Waals surface area contributed by atoms with Crippen molar-refractivity contribution in [2.45, 2.75) is 13.0 Å². The highest BCUT2D eigenvalue weighted by Gasteiger charge is 2.02. The number of ether oxygens (including phenoxy) is 2. The second-order valence-electron chi connectivity index (χ2n) is 5.34. The van der Waals surface area contributed by atoms with E-state index in [2.05, 4.69) is 10.6 Å². The van der Waals surface area contributed by atoms with E-state index in [4.69, 9.17) is 9.47 Å².